The van der Waals surface area contributed by atoms with Gasteiger partial charge in [-0.05, 0) is 30.7 Å². The summed E-state index contributed by atoms with van der Waals surface area (Å²) < 4.78 is 44.6. The van der Waals surface area contributed by atoms with Crippen LogP contribution < -0.4 is 19.8 Å². The first-order chi connectivity index (χ1) is 15.8. The van der Waals surface area contributed by atoms with E-state index in [1.54, 1.807) is 18.2 Å². The molecule has 174 valence electrons. The highest BCUT2D eigenvalue weighted by atomic mass is 35.5. The third-order valence-electron chi connectivity index (χ3n) is 4.73. The van der Waals surface area contributed by atoms with Crippen molar-refractivity contribution in [1.82, 2.24) is 14.1 Å². The van der Waals surface area contributed by atoms with Gasteiger partial charge in [0.2, 0.25) is 10.0 Å². The number of carbonyl (C=O) groups excluding carboxylic acids is 1. The van der Waals surface area contributed by atoms with E-state index in [2.05, 4.69) is 9.71 Å². The number of carbonyl (C=O) groups is 1. The van der Waals surface area contributed by atoms with Crippen molar-refractivity contribution in [2.24, 2.45) is 0 Å². The summed E-state index contributed by atoms with van der Waals surface area (Å²) in [5.41, 5.74) is 0.337. The molecule has 0 aliphatic carbocycles. The summed E-state index contributed by atoms with van der Waals surface area (Å²) >= 11 is 5.87. The summed E-state index contributed by atoms with van der Waals surface area (Å²) in [4.78, 5) is 28.5. The van der Waals surface area contributed by atoms with Crippen LogP contribution in [0, 0.1) is 0 Å². The molecule has 10 nitrogen and oxygen atoms in total. The van der Waals surface area contributed by atoms with Gasteiger partial charge >= 0.3 is 5.97 Å². The fraction of sp³-hybridized carbons (Fsp3) is 0.286. The Morgan fingerprint density at radius 2 is 1.94 bits per heavy atom. The Kier molecular flexibility index (Phi) is 6.82. The maximum absolute atomic E-state index is 12.5. The lowest BCUT2D eigenvalue weighted by Gasteiger charge is -2.18. The molecule has 3 aromatic rings. The van der Waals surface area contributed by atoms with Crippen LogP contribution in [0.3, 0.4) is 0 Å². The van der Waals surface area contributed by atoms with Crippen LogP contribution >= 0.6 is 11.6 Å². The predicted octanol–water partition coefficient (Wildman–Crippen LogP) is 1.92. The van der Waals surface area contributed by atoms with Gasteiger partial charge in [0, 0.05) is 31.3 Å². The van der Waals surface area contributed by atoms with E-state index in [-0.39, 0.29) is 36.4 Å². The van der Waals surface area contributed by atoms with Crippen molar-refractivity contribution < 1.29 is 27.4 Å². The summed E-state index contributed by atoms with van der Waals surface area (Å²) in [7, 11) is -3.77. The van der Waals surface area contributed by atoms with E-state index >= 15 is 0 Å². The van der Waals surface area contributed by atoms with Gasteiger partial charge in [0.15, 0.2) is 11.5 Å². The third-order valence-corrected chi connectivity index (χ3v) is 6.41. The minimum absolute atomic E-state index is 0.00810. The van der Waals surface area contributed by atoms with Gasteiger partial charge < -0.3 is 14.2 Å². The largest absolute Gasteiger partial charge is 0.486 e. The number of halogens is 1. The summed E-state index contributed by atoms with van der Waals surface area (Å²) in [5.74, 6) is 0.333. The summed E-state index contributed by atoms with van der Waals surface area (Å²) in [6.07, 6.45) is 1.68. The third kappa shape index (κ3) is 5.62. The van der Waals surface area contributed by atoms with Crippen LogP contribution in [-0.4, -0.2) is 43.5 Å². The van der Waals surface area contributed by atoms with Gasteiger partial charge in [-0.2, -0.15) is 0 Å². The van der Waals surface area contributed by atoms with E-state index in [1.807, 2.05) is 0 Å². The van der Waals surface area contributed by atoms with Crippen LogP contribution in [0.25, 0.3) is 5.65 Å². The fourth-order valence-electron chi connectivity index (χ4n) is 3.14. The second-order valence-electron chi connectivity index (χ2n) is 7.13. The van der Waals surface area contributed by atoms with Gasteiger partial charge in [-0.3, -0.25) is 14.0 Å². The molecule has 1 aromatic carbocycles. The van der Waals surface area contributed by atoms with Gasteiger partial charge in [0.05, 0.1) is 15.6 Å². The van der Waals surface area contributed by atoms with Crippen LogP contribution in [0.5, 0.6) is 11.5 Å². The van der Waals surface area contributed by atoms with Gasteiger partial charge in [-0.15, -0.1) is 0 Å². The fourth-order valence-corrected chi connectivity index (χ4v) is 4.39. The standard InChI is InChI=1S/C21H20ClN3O7S/c22-14-3-6-19-24-15(10-20(26)25(19)12-14)13-32-21(27)2-1-7-23-33(28,29)16-4-5-17-18(11-16)31-9-8-30-17/h3-6,10-12,23H,1-2,7-9,13H2. The number of fused-ring (bicyclic) bond motifs is 2. The van der Waals surface area contributed by atoms with E-state index < -0.39 is 16.0 Å². The molecule has 0 atom stereocenters. The first kappa shape index (κ1) is 23.0. The second-order valence-corrected chi connectivity index (χ2v) is 9.33. The van der Waals surface area contributed by atoms with Crippen LogP contribution in [0.15, 0.2) is 52.3 Å². The Hall–Kier alpha value is -3.15. The Balaban J connectivity index is 1.25. The van der Waals surface area contributed by atoms with Crippen LogP contribution in [0.1, 0.15) is 18.5 Å². The van der Waals surface area contributed by atoms with Crippen molar-refractivity contribution in [1.29, 1.82) is 0 Å². The van der Waals surface area contributed by atoms with Crippen molar-refractivity contribution in [2.45, 2.75) is 24.3 Å². The van der Waals surface area contributed by atoms with E-state index in [0.29, 0.717) is 41.1 Å². The lowest BCUT2D eigenvalue weighted by Crippen LogP contribution is -2.26. The molecule has 0 fully saturated rings. The monoisotopic (exact) mass is 493 g/mol. The molecule has 0 unspecified atom stereocenters. The number of aromatic nitrogens is 2. The zero-order chi connectivity index (χ0) is 23.4. The smallest absolute Gasteiger partial charge is 0.306 e. The Morgan fingerprint density at radius 1 is 1.15 bits per heavy atom. The van der Waals surface area contributed by atoms with Gasteiger partial charge in [-0.1, -0.05) is 11.6 Å². The molecular formula is C21H20ClN3O7S. The van der Waals surface area contributed by atoms with Crippen LogP contribution in [-0.2, 0) is 26.2 Å². The number of nitrogens with zero attached hydrogens (tertiary/aromatic N) is 2. The van der Waals surface area contributed by atoms with E-state index in [0.717, 1.165) is 0 Å². The second kappa shape index (κ2) is 9.77. The van der Waals surface area contributed by atoms with Crippen molar-refractivity contribution >= 4 is 33.2 Å². The normalized spacial score (nSPS) is 13.1. The Labute approximate surface area is 194 Å². The molecule has 0 saturated carbocycles. The zero-order valence-corrected chi connectivity index (χ0v) is 18.9. The number of benzene rings is 1. The zero-order valence-electron chi connectivity index (χ0n) is 17.3. The summed E-state index contributed by atoms with van der Waals surface area (Å²) in [5, 5.41) is 0.398. The highest BCUT2D eigenvalue weighted by molar-refractivity contribution is 7.89. The Bertz CT molecular complexity index is 1360. The highest BCUT2D eigenvalue weighted by Crippen LogP contribution is 2.32. The molecule has 4 rings (SSSR count). The molecule has 1 aliphatic rings. The molecule has 2 aromatic heterocycles. The number of esters is 1. The highest BCUT2D eigenvalue weighted by Gasteiger charge is 2.19. The van der Waals surface area contributed by atoms with E-state index in [4.69, 9.17) is 25.8 Å². The predicted molar refractivity (Wildman–Crippen MR) is 118 cm³/mol. The van der Waals surface area contributed by atoms with Gasteiger partial charge in [0.1, 0.15) is 25.5 Å². The number of pyridine rings is 1. The van der Waals surface area contributed by atoms with E-state index in [9.17, 15) is 18.0 Å². The number of sulfonamides is 1. The number of hydrogen-bond acceptors (Lipinski definition) is 8. The van der Waals surface area contributed by atoms with Crippen LogP contribution in [0.2, 0.25) is 5.02 Å². The summed E-state index contributed by atoms with van der Waals surface area (Å²) in [6, 6.07) is 8.82. The molecule has 0 bridgehead atoms. The lowest BCUT2D eigenvalue weighted by atomic mass is 10.3. The Morgan fingerprint density at radius 3 is 2.76 bits per heavy atom. The number of nitrogens with one attached hydrogen (secondary N) is 1. The van der Waals surface area contributed by atoms with Crippen molar-refractivity contribution in [3.8, 4) is 11.5 Å². The quantitative estimate of drug-likeness (QED) is 0.372. The first-order valence-electron chi connectivity index (χ1n) is 10.0. The molecule has 1 N–H and O–H groups in total. The van der Waals surface area contributed by atoms with Crippen LogP contribution in [0.4, 0.5) is 0 Å². The maximum atomic E-state index is 12.5. The van der Waals surface area contributed by atoms with Gasteiger partial charge in [0.25, 0.3) is 5.56 Å². The SMILES string of the molecule is O=C(CCCNS(=O)(=O)c1ccc2c(c1)OCCO2)OCc1cc(=O)n2cc(Cl)ccc2n1. The minimum atomic E-state index is -3.77. The average Bonchev–Trinajstić information content (AvgIpc) is 2.80. The summed E-state index contributed by atoms with van der Waals surface area (Å²) in [6.45, 7) is 0.638. The van der Waals surface area contributed by atoms with Crippen molar-refractivity contribution in [3.05, 3.63) is 63.7 Å². The molecule has 0 radical (unpaired) electrons. The molecule has 0 saturated heterocycles. The lowest BCUT2D eigenvalue weighted by molar-refractivity contribution is -0.145. The number of hydrogen-bond donors (Lipinski definition) is 1. The molecule has 0 spiro atoms. The number of ether oxygens (including phenoxy) is 3. The maximum Gasteiger partial charge on any atom is 0.306 e. The number of rotatable bonds is 8. The molecule has 0 amide bonds. The van der Waals surface area contributed by atoms with Crippen molar-refractivity contribution in [2.75, 3.05) is 19.8 Å². The van der Waals surface area contributed by atoms with Crippen molar-refractivity contribution in [3.63, 3.8) is 0 Å². The van der Waals surface area contributed by atoms with Gasteiger partial charge in [-0.25, -0.2) is 18.1 Å². The molecule has 1 aliphatic heterocycles. The minimum Gasteiger partial charge on any atom is -0.486 e. The average molecular weight is 494 g/mol. The first-order valence-corrected chi connectivity index (χ1v) is 11.9. The molecular weight excluding hydrogens is 474 g/mol. The molecule has 3 heterocycles. The molecule has 12 heteroatoms. The molecule has 33 heavy (non-hydrogen) atoms. The van der Waals surface area contributed by atoms with E-state index in [1.165, 1.54) is 28.8 Å². The topological polar surface area (TPSA) is 125 Å².